The van der Waals surface area contributed by atoms with Crippen molar-refractivity contribution in [3.05, 3.63) is 30.1 Å². The van der Waals surface area contributed by atoms with Crippen molar-refractivity contribution in [2.45, 2.75) is 19.3 Å². The summed E-state index contributed by atoms with van der Waals surface area (Å²) in [5.74, 6) is 0.205. The molecule has 0 amide bonds. The number of nitrogens with zero attached hydrogens (tertiary/aromatic N) is 1. The van der Waals surface area contributed by atoms with Gasteiger partial charge in [-0.2, -0.15) is 0 Å². The number of hydrogen-bond donors (Lipinski definition) is 1. The highest BCUT2D eigenvalue weighted by Gasteiger charge is 2.07. The summed E-state index contributed by atoms with van der Waals surface area (Å²) in [6.07, 6.45) is 2.70. The summed E-state index contributed by atoms with van der Waals surface area (Å²) in [6.45, 7) is 2.24. The Bertz CT molecular complexity index is 194. The third-order valence-electron chi connectivity index (χ3n) is 1.82. The minimum absolute atomic E-state index is 0.188. The average Bonchev–Trinajstić information content (AvgIpc) is 2.09. The average molecular weight is 151 g/mol. The molecule has 1 aromatic heterocycles. The van der Waals surface area contributed by atoms with Crippen molar-refractivity contribution in [3.63, 3.8) is 0 Å². The van der Waals surface area contributed by atoms with Crippen LogP contribution in [0.4, 0.5) is 0 Å². The monoisotopic (exact) mass is 151 g/mol. The summed E-state index contributed by atoms with van der Waals surface area (Å²) in [5, 5.41) is 8.94. The lowest BCUT2D eigenvalue weighted by Gasteiger charge is -2.09. The number of aliphatic hydroxyl groups excluding tert-OH is 1. The van der Waals surface area contributed by atoms with Crippen molar-refractivity contribution in [2.75, 3.05) is 6.61 Å². The van der Waals surface area contributed by atoms with Crippen LogP contribution < -0.4 is 0 Å². The first-order chi connectivity index (χ1) is 5.38. The Morgan fingerprint density at radius 2 is 2.36 bits per heavy atom. The SMILES string of the molecule is CC[C@H](CO)c1ccccn1. The summed E-state index contributed by atoms with van der Waals surface area (Å²) in [7, 11) is 0. The topological polar surface area (TPSA) is 33.1 Å². The van der Waals surface area contributed by atoms with E-state index in [0.717, 1.165) is 12.1 Å². The Hall–Kier alpha value is -0.890. The first-order valence-electron chi connectivity index (χ1n) is 3.90. The Kier molecular flexibility index (Phi) is 3.05. The van der Waals surface area contributed by atoms with Crippen molar-refractivity contribution in [3.8, 4) is 0 Å². The molecule has 0 aliphatic heterocycles. The summed E-state index contributed by atoms with van der Waals surface area (Å²) in [5.41, 5.74) is 0.984. The zero-order valence-electron chi connectivity index (χ0n) is 6.70. The van der Waals surface area contributed by atoms with E-state index in [-0.39, 0.29) is 12.5 Å². The number of rotatable bonds is 3. The molecule has 0 spiro atoms. The maximum absolute atomic E-state index is 8.94. The lowest BCUT2D eigenvalue weighted by Crippen LogP contribution is -2.03. The van der Waals surface area contributed by atoms with Gasteiger partial charge in [-0.1, -0.05) is 13.0 Å². The molecule has 0 saturated heterocycles. The molecular formula is C9H13NO. The molecule has 2 nitrogen and oxygen atoms in total. The maximum Gasteiger partial charge on any atom is 0.0514 e. The molecule has 1 atom stereocenters. The highest BCUT2D eigenvalue weighted by molar-refractivity contribution is 5.08. The standard InChI is InChI=1S/C9H13NO/c1-2-8(7-11)9-5-3-4-6-10-9/h3-6,8,11H,2,7H2,1H3/t8-/m1/s1. The molecule has 0 unspecified atom stereocenters. The zero-order chi connectivity index (χ0) is 8.10. The van der Waals surface area contributed by atoms with Crippen LogP contribution in [0.1, 0.15) is 25.0 Å². The zero-order valence-corrected chi connectivity index (χ0v) is 6.70. The fourth-order valence-electron chi connectivity index (χ4n) is 1.05. The van der Waals surface area contributed by atoms with Crippen LogP contribution in [0.5, 0.6) is 0 Å². The molecule has 0 aliphatic rings. The van der Waals surface area contributed by atoms with E-state index in [1.165, 1.54) is 0 Å². The highest BCUT2D eigenvalue weighted by Crippen LogP contribution is 2.14. The second kappa shape index (κ2) is 4.09. The van der Waals surface area contributed by atoms with Gasteiger partial charge in [-0.25, -0.2) is 0 Å². The summed E-state index contributed by atoms with van der Waals surface area (Å²) in [4.78, 5) is 4.16. The van der Waals surface area contributed by atoms with Crippen LogP contribution >= 0.6 is 0 Å². The summed E-state index contributed by atoms with van der Waals surface area (Å²) >= 11 is 0. The normalized spacial score (nSPS) is 12.9. The fraction of sp³-hybridized carbons (Fsp3) is 0.444. The van der Waals surface area contributed by atoms with Crippen LogP contribution in [-0.2, 0) is 0 Å². The van der Waals surface area contributed by atoms with Crippen molar-refractivity contribution in [2.24, 2.45) is 0 Å². The van der Waals surface area contributed by atoms with Crippen LogP contribution in [0.25, 0.3) is 0 Å². The molecule has 0 fully saturated rings. The van der Waals surface area contributed by atoms with Crippen LogP contribution in [0.15, 0.2) is 24.4 Å². The van der Waals surface area contributed by atoms with E-state index in [4.69, 9.17) is 5.11 Å². The highest BCUT2D eigenvalue weighted by atomic mass is 16.3. The molecule has 1 rings (SSSR count). The number of aromatic nitrogens is 1. The Labute approximate surface area is 66.9 Å². The Balaban J connectivity index is 2.74. The predicted molar refractivity (Wildman–Crippen MR) is 44.4 cm³/mol. The van der Waals surface area contributed by atoms with Crippen LogP contribution in [0.2, 0.25) is 0 Å². The largest absolute Gasteiger partial charge is 0.396 e. The van der Waals surface area contributed by atoms with Crippen molar-refractivity contribution < 1.29 is 5.11 Å². The second-order valence-electron chi connectivity index (χ2n) is 2.54. The van der Waals surface area contributed by atoms with Crippen molar-refractivity contribution >= 4 is 0 Å². The molecule has 0 aliphatic carbocycles. The van der Waals surface area contributed by atoms with Gasteiger partial charge in [0.15, 0.2) is 0 Å². The molecule has 0 radical (unpaired) electrons. The molecule has 0 saturated carbocycles. The Morgan fingerprint density at radius 1 is 1.55 bits per heavy atom. The molecule has 11 heavy (non-hydrogen) atoms. The maximum atomic E-state index is 8.94. The molecule has 1 heterocycles. The molecule has 1 aromatic rings. The van der Waals surface area contributed by atoms with Gasteiger partial charge < -0.3 is 5.11 Å². The van der Waals surface area contributed by atoms with E-state index < -0.39 is 0 Å². The predicted octanol–water partition coefficient (Wildman–Crippen LogP) is 1.57. The van der Waals surface area contributed by atoms with E-state index in [1.807, 2.05) is 18.2 Å². The fourth-order valence-corrected chi connectivity index (χ4v) is 1.05. The van der Waals surface area contributed by atoms with E-state index >= 15 is 0 Å². The van der Waals surface area contributed by atoms with Gasteiger partial charge in [0.1, 0.15) is 0 Å². The molecule has 0 bridgehead atoms. The van der Waals surface area contributed by atoms with E-state index in [9.17, 15) is 0 Å². The summed E-state index contributed by atoms with van der Waals surface area (Å²) < 4.78 is 0. The van der Waals surface area contributed by atoms with Gasteiger partial charge in [0, 0.05) is 17.8 Å². The van der Waals surface area contributed by atoms with E-state index in [0.29, 0.717) is 0 Å². The molecule has 60 valence electrons. The molecular weight excluding hydrogens is 138 g/mol. The second-order valence-corrected chi connectivity index (χ2v) is 2.54. The minimum Gasteiger partial charge on any atom is -0.396 e. The lowest BCUT2D eigenvalue weighted by atomic mass is 10.0. The number of hydrogen-bond acceptors (Lipinski definition) is 2. The van der Waals surface area contributed by atoms with E-state index in [2.05, 4.69) is 11.9 Å². The van der Waals surface area contributed by atoms with Gasteiger partial charge in [0.2, 0.25) is 0 Å². The molecule has 1 N–H and O–H groups in total. The van der Waals surface area contributed by atoms with Crippen molar-refractivity contribution in [1.29, 1.82) is 0 Å². The summed E-state index contributed by atoms with van der Waals surface area (Å²) in [6, 6.07) is 5.78. The first kappa shape index (κ1) is 8.21. The molecule has 2 heteroatoms. The smallest absolute Gasteiger partial charge is 0.0514 e. The van der Waals surface area contributed by atoms with E-state index in [1.54, 1.807) is 6.20 Å². The van der Waals surface area contributed by atoms with Gasteiger partial charge in [-0.3, -0.25) is 4.98 Å². The van der Waals surface area contributed by atoms with Crippen molar-refractivity contribution in [1.82, 2.24) is 4.98 Å². The number of aliphatic hydroxyl groups is 1. The van der Waals surface area contributed by atoms with Gasteiger partial charge in [-0.15, -0.1) is 0 Å². The van der Waals surface area contributed by atoms with Crippen LogP contribution in [0, 0.1) is 0 Å². The van der Waals surface area contributed by atoms with Gasteiger partial charge in [0.25, 0.3) is 0 Å². The van der Waals surface area contributed by atoms with Gasteiger partial charge in [0.05, 0.1) is 6.61 Å². The third kappa shape index (κ3) is 2.02. The van der Waals surface area contributed by atoms with Crippen LogP contribution in [-0.4, -0.2) is 16.7 Å². The quantitative estimate of drug-likeness (QED) is 0.711. The van der Waals surface area contributed by atoms with Gasteiger partial charge in [-0.05, 0) is 18.6 Å². The lowest BCUT2D eigenvalue weighted by molar-refractivity contribution is 0.260. The molecule has 0 aromatic carbocycles. The minimum atomic E-state index is 0.188. The van der Waals surface area contributed by atoms with Gasteiger partial charge >= 0.3 is 0 Å². The Morgan fingerprint density at radius 3 is 2.82 bits per heavy atom. The third-order valence-corrected chi connectivity index (χ3v) is 1.82. The number of pyridine rings is 1. The first-order valence-corrected chi connectivity index (χ1v) is 3.90. The van der Waals surface area contributed by atoms with Crippen LogP contribution in [0.3, 0.4) is 0 Å².